The lowest BCUT2D eigenvalue weighted by Crippen LogP contribution is -2.22. The molecule has 0 aliphatic carbocycles. The number of carbonyl (C=O) groups is 3. The third-order valence-electron chi connectivity index (χ3n) is 3.59. The van der Waals surface area contributed by atoms with Crippen LogP contribution in [0.2, 0.25) is 0 Å². The molecule has 0 aromatic heterocycles. The zero-order chi connectivity index (χ0) is 20.6. The predicted octanol–water partition coefficient (Wildman–Crippen LogP) is 2.96. The number of nitrogens with one attached hydrogen (secondary N) is 1. The van der Waals surface area contributed by atoms with E-state index in [2.05, 4.69) is 5.32 Å². The summed E-state index contributed by atoms with van der Waals surface area (Å²) in [6.07, 6.45) is 8.56. The van der Waals surface area contributed by atoms with Crippen molar-refractivity contribution in [3.05, 3.63) is 48.1 Å². The van der Waals surface area contributed by atoms with Crippen LogP contribution in [0.4, 0.5) is 0 Å². The molecule has 0 fully saturated rings. The van der Waals surface area contributed by atoms with Gasteiger partial charge in [0.2, 0.25) is 5.91 Å². The SMILES string of the molecule is CCOC(=O)C=Cc1ccc(OCCCCCCNC(=O)C=CC(=O)O)cc1. The standard InChI is InChI=1S/C21H27NO6/c1-2-27-21(26)14-9-17-7-10-18(11-8-17)28-16-6-4-3-5-15-22-19(23)12-13-20(24)25/h7-14H,2-6,15-16H2,1H3,(H,22,23)(H,24,25). The van der Waals surface area contributed by atoms with Gasteiger partial charge in [0.25, 0.3) is 0 Å². The van der Waals surface area contributed by atoms with E-state index in [4.69, 9.17) is 14.6 Å². The lowest BCUT2D eigenvalue weighted by molar-refractivity contribution is -0.137. The van der Waals surface area contributed by atoms with Gasteiger partial charge in [0.15, 0.2) is 0 Å². The zero-order valence-electron chi connectivity index (χ0n) is 16.1. The van der Waals surface area contributed by atoms with Gasteiger partial charge in [-0.2, -0.15) is 0 Å². The predicted molar refractivity (Wildman–Crippen MR) is 106 cm³/mol. The minimum Gasteiger partial charge on any atom is -0.494 e. The highest BCUT2D eigenvalue weighted by Crippen LogP contribution is 2.14. The van der Waals surface area contributed by atoms with E-state index in [1.807, 2.05) is 24.3 Å². The molecule has 0 radical (unpaired) electrons. The molecule has 1 rings (SSSR count). The molecule has 0 bridgehead atoms. The third kappa shape index (κ3) is 11.5. The molecule has 7 nitrogen and oxygen atoms in total. The Morgan fingerprint density at radius 2 is 1.71 bits per heavy atom. The van der Waals surface area contributed by atoms with Gasteiger partial charge < -0.3 is 19.9 Å². The fraction of sp³-hybridized carbons (Fsp3) is 0.381. The fourth-order valence-corrected chi connectivity index (χ4v) is 2.22. The van der Waals surface area contributed by atoms with Crippen LogP contribution in [0.5, 0.6) is 5.75 Å². The number of hydrogen-bond acceptors (Lipinski definition) is 5. The first-order valence-corrected chi connectivity index (χ1v) is 9.27. The molecule has 0 atom stereocenters. The average Bonchev–Trinajstić information content (AvgIpc) is 2.68. The van der Waals surface area contributed by atoms with Gasteiger partial charge in [0.05, 0.1) is 13.2 Å². The summed E-state index contributed by atoms with van der Waals surface area (Å²) in [5.74, 6) is -1.13. The first-order chi connectivity index (χ1) is 13.5. The van der Waals surface area contributed by atoms with Gasteiger partial charge in [0, 0.05) is 24.8 Å². The Labute approximate surface area is 165 Å². The first kappa shape index (κ1) is 23.0. The number of carbonyl (C=O) groups excluding carboxylic acids is 2. The molecule has 2 N–H and O–H groups in total. The molecule has 0 saturated carbocycles. The van der Waals surface area contributed by atoms with Crippen LogP contribution < -0.4 is 10.1 Å². The Hall–Kier alpha value is -3.09. The zero-order valence-corrected chi connectivity index (χ0v) is 16.1. The number of unbranched alkanes of at least 4 members (excludes halogenated alkanes) is 3. The van der Waals surface area contributed by atoms with Crippen molar-refractivity contribution in [3.63, 3.8) is 0 Å². The number of amides is 1. The quantitative estimate of drug-likeness (QED) is 0.305. The number of benzene rings is 1. The Morgan fingerprint density at radius 1 is 1.00 bits per heavy atom. The maximum Gasteiger partial charge on any atom is 0.330 e. The number of ether oxygens (including phenoxy) is 2. The number of rotatable bonds is 13. The van der Waals surface area contributed by atoms with Crippen LogP contribution in [0.25, 0.3) is 6.08 Å². The molecule has 28 heavy (non-hydrogen) atoms. The van der Waals surface area contributed by atoms with Crippen LogP contribution >= 0.6 is 0 Å². The smallest absolute Gasteiger partial charge is 0.330 e. The van der Waals surface area contributed by atoms with E-state index in [1.165, 1.54) is 6.08 Å². The summed E-state index contributed by atoms with van der Waals surface area (Å²) in [5.41, 5.74) is 0.889. The van der Waals surface area contributed by atoms with Gasteiger partial charge in [-0.1, -0.05) is 25.0 Å². The maximum atomic E-state index is 11.3. The van der Waals surface area contributed by atoms with Crippen molar-refractivity contribution in [2.75, 3.05) is 19.8 Å². The second-order valence-electron chi connectivity index (χ2n) is 5.88. The van der Waals surface area contributed by atoms with Gasteiger partial charge in [-0.15, -0.1) is 0 Å². The molecule has 0 spiro atoms. The number of hydrogen-bond donors (Lipinski definition) is 2. The molecule has 0 aliphatic heterocycles. The summed E-state index contributed by atoms with van der Waals surface area (Å²) in [4.78, 5) is 32.8. The van der Waals surface area contributed by atoms with E-state index in [0.29, 0.717) is 19.8 Å². The molecule has 152 valence electrons. The van der Waals surface area contributed by atoms with E-state index < -0.39 is 11.9 Å². The van der Waals surface area contributed by atoms with Crippen molar-refractivity contribution < 1.29 is 29.0 Å². The minimum atomic E-state index is -1.14. The molecule has 0 unspecified atom stereocenters. The Bertz CT molecular complexity index is 679. The molecule has 1 aromatic rings. The van der Waals surface area contributed by atoms with Crippen LogP contribution in [0.1, 0.15) is 38.2 Å². The Morgan fingerprint density at radius 3 is 2.39 bits per heavy atom. The summed E-state index contributed by atoms with van der Waals surface area (Å²) >= 11 is 0. The maximum absolute atomic E-state index is 11.3. The molecule has 1 aromatic carbocycles. The van der Waals surface area contributed by atoms with E-state index in [9.17, 15) is 14.4 Å². The van der Waals surface area contributed by atoms with Crippen molar-refractivity contribution >= 4 is 23.9 Å². The van der Waals surface area contributed by atoms with E-state index in [0.717, 1.165) is 49.1 Å². The van der Waals surface area contributed by atoms with Crippen molar-refractivity contribution in [1.29, 1.82) is 0 Å². The van der Waals surface area contributed by atoms with E-state index in [1.54, 1.807) is 13.0 Å². The van der Waals surface area contributed by atoms with Crippen LogP contribution in [0.15, 0.2) is 42.5 Å². The number of esters is 1. The lowest BCUT2D eigenvalue weighted by atomic mass is 10.2. The van der Waals surface area contributed by atoms with Crippen LogP contribution in [0.3, 0.4) is 0 Å². The van der Waals surface area contributed by atoms with Crippen molar-refractivity contribution in [3.8, 4) is 5.75 Å². The van der Waals surface area contributed by atoms with E-state index in [-0.39, 0.29) is 5.97 Å². The van der Waals surface area contributed by atoms with Crippen molar-refractivity contribution in [2.45, 2.75) is 32.6 Å². The molecule has 0 saturated heterocycles. The van der Waals surface area contributed by atoms with Gasteiger partial charge in [0.1, 0.15) is 5.75 Å². The average molecular weight is 389 g/mol. The summed E-state index contributed by atoms with van der Waals surface area (Å²) in [6, 6.07) is 7.44. The van der Waals surface area contributed by atoms with E-state index >= 15 is 0 Å². The van der Waals surface area contributed by atoms with Crippen LogP contribution in [-0.4, -0.2) is 42.7 Å². The van der Waals surface area contributed by atoms with Crippen molar-refractivity contribution in [1.82, 2.24) is 5.32 Å². The van der Waals surface area contributed by atoms with Crippen molar-refractivity contribution in [2.24, 2.45) is 0 Å². The highest BCUT2D eigenvalue weighted by atomic mass is 16.5. The normalized spacial score (nSPS) is 10.9. The largest absolute Gasteiger partial charge is 0.494 e. The number of carboxylic acids is 1. The Balaban J connectivity index is 2.11. The molecule has 0 heterocycles. The lowest BCUT2D eigenvalue weighted by Gasteiger charge is -2.07. The first-order valence-electron chi connectivity index (χ1n) is 9.27. The molecular weight excluding hydrogens is 362 g/mol. The number of aliphatic carboxylic acids is 1. The second kappa shape index (κ2) is 14.0. The highest BCUT2D eigenvalue weighted by Gasteiger charge is 1.98. The van der Waals surface area contributed by atoms with Gasteiger partial charge >= 0.3 is 11.9 Å². The minimum absolute atomic E-state index is 0.356. The third-order valence-corrected chi connectivity index (χ3v) is 3.59. The topological polar surface area (TPSA) is 102 Å². The fourth-order valence-electron chi connectivity index (χ4n) is 2.22. The molecule has 7 heteroatoms. The summed E-state index contributed by atoms with van der Waals surface area (Å²) in [6.45, 7) is 3.24. The number of carboxylic acid groups (broad SMARTS) is 1. The van der Waals surface area contributed by atoms with Gasteiger partial charge in [-0.3, -0.25) is 4.79 Å². The second-order valence-corrected chi connectivity index (χ2v) is 5.88. The van der Waals surface area contributed by atoms with Gasteiger partial charge in [-0.05, 0) is 43.5 Å². The van der Waals surface area contributed by atoms with Crippen LogP contribution in [0, 0.1) is 0 Å². The van der Waals surface area contributed by atoms with Gasteiger partial charge in [-0.25, -0.2) is 9.59 Å². The summed E-state index contributed by atoms with van der Waals surface area (Å²) in [5, 5.41) is 11.0. The molecule has 0 aliphatic rings. The summed E-state index contributed by atoms with van der Waals surface area (Å²) in [7, 11) is 0. The molecule has 1 amide bonds. The Kier molecular flexibility index (Phi) is 11.5. The molecular formula is C21H27NO6. The monoisotopic (exact) mass is 389 g/mol. The highest BCUT2D eigenvalue weighted by molar-refractivity contribution is 5.93. The van der Waals surface area contributed by atoms with Crippen LogP contribution in [-0.2, 0) is 19.1 Å². The summed E-state index contributed by atoms with van der Waals surface area (Å²) < 4.78 is 10.5.